The third-order valence-electron chi connectivity index (χ3n) is 3.68. The minimum Gasteiger partial charge on any atom is -0.493 e. The monoisotopic (exact) mass is 389 g/mol. The predicted molar refractivity (Wildman–Crippen MR) is 97.7 cm³/mol. The Labute approximate surface area is 161 Å². The summed E-state index contributed by atoms with van der Waals surface area (Å²) in [5.74, 6) is -1.16. The van der Waals surface area contributed by atoms with Crippen LogP contribution in [0.15, 0.2) is 42.5 Å². The second kappa shape index (κ2) is 10.1. The van der Waals surface area contributed by atoms with Gasteiger partial charge in [0, 0.05) is 12.1 Å². The van der Waals surface area contributed by atoms with Crippen molar-refractivity contribution < 1.29 is 33.0 Å². The van der Waals surface area contributed by atoms with Crippen LogP contribution in [0.25, 0.3) is 0 Å². The smallest absolute Gasteiger partial charge is 0.344 e. The number of amides is 1. The van der Waals surface area contributed by atoms with Crippen LogP contribution in [0.2, 0.25) is 0 Å². The number of esters is 1. The highest BCUT2D eigenvalue weighted by atomic mass is 19.1. The summed E-state index contributed by atoms with van der Waals surface area (Å²) in [5.41, 5.74) is 1.16. The molecule has 0 saturated heterocycles. The Morgan fingerprint density at radius 2 is 1.71 bits per heavy atom. The molecule has 7 nitrogen and oxygen atoms in total. The van der Waals surface area contributed by atoms with Crippen molar-refractivity contribution in [2.24, 2.45) is 0 Å². The van der Waals surface area contributed by atoms with E-state index in [2.05, 4.69) is 5.32 Å². The van der Waals surface area contributed by atoms with Gasteiger partial charge in [0.1, 0.15) is 5.82 Å². The number of methoxy groups -OCH3 is 1. The van der Waals surface area contributed by atoms with Gasteiger partial charge >= 0.3 is 5.97 Å². The average Bonchev–Trinajstić information content (AvgIpc) is 2.69. The maximum atomic E-state index is 12.8. The molecule has 0 radical (unpaired) electrons. The first kappa shape index (κ1) is 20.9. The number of Topliss-reactive ketones (excluding diaryl/α,β-unsaturated/α-hetero) is 1. The molecule has 0 heterocycles. The lowest BCUT2D eigenvalue weighted by Crippen LogP contribution is -2.29. The van der Waals surface area contributed by atoms with Gasteiger partial charge in [-0.2, -0.15) is 0 Å². The molecule has 0 fully saturated rings. The highest BCUT2D eigenvalue weighted by molar-refractivity contribution is 5.94. The molecule has 2 aromatic carbocycles. The fourth-order valence-electron chi connectivity index (χ4n) is 2.18. The van der Waals surface area contributed by atoms with Gasteiger partial charge in [-0.05, 0) is 42.8 Å². The number of carbonyl (C=O) groups is 3. The zero-order chi connectivity index (χ0) is 20.5. The predicted octanol–water partition coefficient (Wildman–Crippen LogP) is 2.28. The molecule has 0 aliphatic heterocycles. The van der Waals surface area contributed by atoms with Crippen molar-refractivity contribution in [2.45, 2.75) is 13.5 Å². The number of benzene rings is 2. The molecule has 0 aliphatic rings. The minimum atomic E-state index is -0.741. The molecule has 0 aliphatic carbocycles. The number of carbonyl (C=O) groups excluding carboxylic acids is 3. The summed E-state index contributed by atoms with van der Waals surface area (Å²) in [6, 6.07) is 10.2. The third kappa shape index (κ3) is 6.39. The van der Waals surface area contributed by atoms with Crippen LogP contribution in [-0.4, -0.2) is 38.0 Å². The van der Waals surface area contributed by atoms with Crippen LogP contribution < -0.4 is 14.8 Å². The standard InChI is InChI=1S/C20H20FNO6/c1-13(23)15-5-8-17(18(9-15)26-2)27-12-20(25)28-11-19(24)22-10-14-3-6-16(21)7-4-14/h3-9H,10-12H2,1-2H3,(H,22,24). The molecular weight excluding hydrogens is 369 g/mol. The highest BCUT2D eigenvalue weighted by Crippen LogP contribution is 2.28. The maximum absolute atomic E-state index is 12.8. The summed E-state index contributed by atoms with van der Waals surface area (Å²) in [6.07, 6.45) is 0. The molecule has 2 aromatic rings. The molecule has 1 amide bonds. The van der Waals surface area contributed by atoms with Gasteiger partial charge in [-0.25, -0.2) is 9.18 Å². The van der Waals surface area contributed by atoms with Crippen LogP contribution >= 0.6 is 0 Å². The first-order valence-corrected chi connectivity index (χ1v) is 8.37. The maximum Gasteiger partial charge on any atom is 0.344 e. The van der Waals surface area contributed by atoms with Gasteiger partial charge in [0.15, 0.2) is 30.5 Å². The number of halogens is 1. The molecule has 0 unspecified atom stereocenters. The molecule has 0 spiro atoms. The second-order valence-corrected chi connectivity index (χ2v) is 5.77. The largest absolute Gasteiger partial charge is 0.493 e. The molecule has 0 aromatic heterocycles. The Bertz CT molecular complexity index is 850. The van der Waals surface area contributed by atoms with E-state index in [1.807, 2.05) is 0 Å². The van der Waals surface area contributed by atoms with Crippen LogP contribution in [0.1, 0.15) is 22.8 Å². The van der Waals surface area contributed by atoms with Crippen molar-refractivity contribution in [3.8, 4) is 11.5 Å². The van der Waals surface area contributed by atoms with Crippen molar-refractivity contribution >= 4 is 17.7 Å². The van der Waals surface area contributed by atoms with Gasteiger partial charge in [0.05, 0.1) is 7.11 Å². The number of ketones is 1. The van der Waals surface area contributed by atoms with Crippen molar-refractivity contribution in [3.63, 3.8) is 0 Å². The normalized spacial score (nSPS) is 10.1. The summed E-state index contributed by atoms with van der Waals surface area (Å²) in [6.45, 7) is 0.714. The average molecular weight is 389 g/mol. The Balaban J connectivity index is 1.75. The summed E-state index contributed by atoms with van der Waals surface area (Å²) in [5, 5.41) is 2.55. The molecule has 28 heavy (non-hydrogen) atoms. The van der Waals surface area contributed by atoms with E-state index < -0.39 is 25.1 Å². The van der Waals surface area contributed by atoms with Gasteiger partial charge in [0.2, 0.25) is 0 Å². The Morgan fingerprint density at radius 1 is 1.00 bits per heavy atom. The van der Waals surface area contributed by atoms with E-state index in [9.17, 15) is 18.8 Å². The molecule has 0 saturated carbocycles. The van der Waals surface area contributed by atoms with Crippen molar-refractivity contribution in [3.05, 3.63) is 59.4 Å². The van der Waals surface area contributed by atoms with Gasteiger partial charge in [0.25, 0.3) is 5.91 Å². The van der Waals surface area contributed by atoms with Gasteiger partial charge in [-0.15, -0.1) is 0 Å². The number of hydrogen-bond donors (Lipinski definition) is 1. The fourth-order valence-corrected chi connectivity index (χ4v) is 2.18. The molecule has 148 valence electrons. The Hall–Kier alpha value is -3.42. The highest BCUT2D eigenvalue weighted by Gasteiger charge is 2.12. The van der Waals surface area contributed by atoms with E-state index in [1.165, 1.54) is 38.3 Å². The van der Waals surface area contributed by atoms with E-state index in [0.717, 1.165) is 0 Å². The Kier molecular flexibility index (Phi) is 7.50. The summed E-state index contributed by atoms with van der Waals surface area (Å²) < 4.78 is 28.1. The summed E-state index contributed by atoms with van der Waals surface area (Å²) >= 11 is 0. The van der Waals surface area contributed by atoms with E-state index in [1.54, 1.807) is 18.2 Å². The van der Waals surface area contributed by atoms with E-state index in [4.69, 9.17) is 14.2 Å². The van der Waals surface area contributed by atoms with Crippen LogP contribution in [0.5, 0.6) is 11.5 Å². The molecule has 1 N–H and O–H groups in total. The van der Waals surface area contributed by atoms with Crippen molar-refractivity contribution in [1.29, 1.82) is 0 Å². The van der Waals surface area contributed by atoms with Crippen molar-refractivity contribution in [2.75, 3.05) is 20.3 Å². The quantitative estimate of drug-likeness (QED) is 0.523. The zero-order valence-corrected chi connectivity index (χ0v) is 15.5. The van der Waals surface area contributed by atoms with Crippen molar-refractivity contribution in [1.82, 2.24) is 5.32 Å². The second-order valence-electron chi connectivity index (χ2n) is 5.77. The summed E-state index contributed by atoms with van der Waals surface area (Å²) in [7, 11) is 1.41. The minimum absolute atomic E-state index is 0.129. The number of ether oxygens (including phenoxy) is 3. The van der Waals surface area contributed by atoms with Gasteiger partial charge in [-0.3, -0.25) is 9.59 Å². The van der Waals surface area contributed by atoms with Crippen LogP contribution in [0.3, 0.4) is 0 Å². The van der Waals surface area contributed by atoms with E-state index >= 15 is 0 Å². The van der Waals surface area contributed by atoms with Crippen LogP contribution in [0, 0.1) is 5.82 Å². The Morgan fingerprint density at radius 3 is 2.36 bits per heavy atom. The SMILES string of the molecule is COc1cc(C(C)=O)ccc1OCC(=O)OCC(=O)NCc1ccc(F)cc1. The van der Waals surface area contributed by atoms with E-state index in [-0.39, 0.29) is 23.9 Å². The molecule has 2 rings (SSSR count). The molecule has 0 atom stereocenters. The number of rotatable bonds is 9. The fraction of sp³-hybridized carbons (Fsp3) is 0.250. The summed E-state index contributed by atoms with van der Waals surface area (Å²) in [4.78, 5) is 34.8. The zero-order valence-electron chi connectivity index (χ0n) is 15.5. The number of hydrogen-bond acceptors (Lipinski definition) is 6. The topological polar surface area (TPSA) is 90.9 Å². The molecular formula is C20H20FNO6. The number of nitrogens with one attached hydrogen (secondary N) is 1. The van der Waals surface area contributed by atoms with Crippen LogP contribution in [0.4, 0.5) is 4.39 Å². The first-order chi connectivity index (χ1) is 13.4. The van der Waals surface area contributed by atoms with Crippen LogP contribution in [-0.2, 0) is 20.9 Å². The molecule has 8 heteroatoms. The first-order valence-electron chi connectivity index (χ1n) is 8.37. The lowest BCUT2D eigenvalue weighted by molar-refractivity contribution is -0.150. The van der Waals surface area contributed by atoms with Gasteiger partial charge < -0.3 is 19.5 Å². The lowest BCUT2D eigenvalue weighted by atomic mass is 10.1. The van der Waals surface area contributed by atoms with Gasteiger partial charge in [-0.1, -0.05) is 12.1 Å². The third-order valence-corrected chi connectivity index (χ3v) is 3.68. The van der Waals surface area contributed by atoms with E-state index in [0.29, 0.717) is 16.9 Å². The lowest BCUT2D eigenvalue weighted by Gasteiger charge is -2.11. The molecule has 0 bridgehead atoms.